The van der Waals surface area contributed by atoms with Crippen molar-refractivity contribution in [3.8, 4) is 0 Å². The van der Waals surface area contributed by atoms with Crippen LogP contribution in [0.3, 0.4) is 0 Å². The van der Waals surface area contributed by atoms with Gasteiger partial charge < -0.3 is 15.4 Å². The molecule has 0 bridgehead atoms. The molecule has 3 rings (SSSR count). The van der Waals surface area contributed by atoms with Gasteiger partial charge in [0.15, 0.2) is 0 Å². The minimum absolute atomic E-state index is 0.0378. The lowest BCUT2D eigenvalue weighted by atomic mass is 10.0. The van der Waals surface area contributed by atoms with E-state index in [0.29, 0.717) is 12.1 Å². The topological polar surface area (TPSA) is 91.0 Å². The van der Waals surface area contributed by atoms with Crippen LogP contribution in [0.25, 0.3) is 0 Å². The number of carbonyl (C=O) groups is 3. The highest BCUT2D eigenvalue weighted by Crippen LogP contribution is 2.22. The van der Waals surface area contributed by atoms with Crippen LogP contribution >= 0.6 is 0 Å². The van der Waals surface area contributed by atoms with Crippen molar-refractivity contribution < 1.29 is 23.5 Å². The zero-order valence-corrected chi connectivity index (χ0v) is 16.4. The first-order chi connectivity index (χ1) is 14.0. The second-order valence-corrected chi connectivity index (χ2v) is 7.21. The normalized spacial score (nSPS) is 20.4. The maximum Gasteiger partial charge on any atom is 0.324 e. The third-order valence-corrected chi connectivity index (χ3v) is 5.13. The number of imide groups is 1. The summed E-state index contributed by atoms with van der Waals surface area (Å²) in [5.74, 6) is -0.906. The van der Waals surface area contributed by atoms with E-state index >= 15 is 0 Å². The Morgan fingerprint density at radius 3 is 2.59 bits per heavy atom. The Balaban J connectivity index is 1.36. The highest BCUT2D eigenvalue weighted by Gasteiger charge is 2.32. The SMILES string of the molecule is O=C(CCN1C(=O)CC(c2ccc(F)cc2)NC1=O)NCCCN1CCOCC1. The lowest BCUT2D eigenvalue weighted by molar-refractivity contribution is -0.130. The van der Waals surface area contributed by atoms with E-state index in [4.69, 9.17) is 4.74 Å². The molecule has 0 saturated carbocycles. The van der Waals surface area contributed by atoms with E-state index in [-0.39, 0.29) is 37.0 Å². The number of nitrogens with zero attached hydrogens (tertiary/aromatic N) is 2. The summed E-state index contributed by atoms with van der Waals surface area (Å²) in [4.78, 5) is 40.0. The minimum atomic E-state index is -0.532. The minimum Gasteiger partial charge on any atom is -0.379 e. The number of urea groups is 1. The largest absolute Gasteiger partial charge is 0.379 e. The third kappa shape index (κ3) is 6.23. The number of hydrogen-bond donors (Lipinski definition) is 2. The van der Waals surface area contributed by atoms with Crippen LogP contribution < -0.4 is 10.6 Å². The molecule has 2 saturated heterocycles. The molecule has 2 aliphatic heterocycles. The Labute approximate surface area is 169 Å². The fraction of sp³-hybridized carbons (Fsp3) is 0.550. The molecule has 0 aliphatic carbocycles. The van der Waals surface area contributed by atoms with Crippen LogP contribution in [0.5, 0.6) is 0 Å². The summed E-state index contributed by atoms with van der Waals surface area (Å²) in [5, 5.41) is 5.57. The zero-order valence-electron chi connectivity index (χ0n) is 16.4. The first-order valence-corrected chi connectivity index (χ1v) is 9.96. The molecule has 0 radical (unpaired) electrons. The molecule has 8 nitrogen and oxygen atoms in total. The number of amides is 4. The third-order valence-electron chi connectivity index (χ3n) is 5.13. The van der Waals surface area contributed by atoms with Crippen LogP contribution in [-0.2, 0) is 14.3 Å². The summed E-state index contributed by atoms with van der Waals surface area (Å²) in [7, 11) is 0. The van der Waals surface area contributed by atoms with Crippen molar-refractivity contribution in [2.24, 2.45) is 0 Å². The Bertz CT molecular complexity index is 704. The van der Waals surface area contributed by atoms with E-state index in [9.17, 15) is 18.8 Å². The van der Waals surface area contributed by atoms with Crippen LogP contribution in [0.4, 0.5) is 9.18 Å². The number of benzene rings is 1. The molecule has 0 aromatic heterocycles. The standard InChI is InChI=1S/C20H27FN4O4/c21-16-4-2-15(3-5-16)17-14-19(27)25(20(28)23-17)9-6-18(26)22-7-1-8-24-10-12-29-13-11-24/h2-5,17H,1,6-14H2,(H,22,26)(H,23,28). The van der Waals surface area contributed by atoms with E-state index < -0.39 is 12.1 Å². The van der Waals surface area contributed by atoms with E-state index in [1.165, 1.54) is 12.1 Å². The van der Waals surface area contributed by atoms with Gasteiger partial charge in [0.2, 0.25) is 11.8 Å². The molecule has 2 fully saturated rings. The number of halogens is 1. The van der Waals surface area contributed by atoms with Gasteiger partial charge in [-0.25, -0.2) is 9.18 Å². The number of hydrogen-bond acceptors (Lipinski definition) is 5. The molecule has 1 unspecified atom stereocenters. The van der Waals surface area contributed by atoms with Crippen molar-refractivity contribution in [3.05, 3.63) is 35.6 Å². The molecule has 1 aromatic rings. The van der Waals surface area contributed by atoms with Crippen LogP contribution in [0.15, 0.2) is 24.3 Å². The van der Waals surface area contributed by atoms with Gasteiger partial charge >= 0.3 is 6.03 Å². The first-order valence-electron chi connectivity index (χ1n) is 9.96. The number of ether oxygens (including phenoxy) is 1. The molecule has 1 atom stereocenters. The molecule has 4 amide bonds. The van der Waals surface area contributed by atoms with Crippen molar-refractivity contribution in [3.63, 3.8) is 0 Å². The van der Waals surface area contributed by atoms with Gasteiger partial charge in [-0.05, 0) is 30.7 Å². The predicted molar refractivity (Wildman–Crippen MR) is 104 cm³/mol. The van der Waals surface area contributed by atoms with Gasteiger partial charge in [-0.3, -0.25) is 19.4 Å². The second kappa shape index (κ2) is 10.3. The van der Waals surface area contributed by atoms with Crippen molar-refractivity contribution in [2.45, 2.75) is 25.3 Å². The smallest absolute Gasteiger partial charge is 0.324 e. The van der Waals surface area contributed by atoms with Gasteiger partial charge in [0.05, 0.1) is 25.7 Å². The molecule has 2 heterocycles. The molecular weight excluding hydrogens is 379 g/mol. The van der Waals surface area contributed by atoms with Gasteiger partial charge in [-0.2, -0.15) is 0 Å². The van der Waals surface area contributed by atoms with Gasteiger partial charge in [-0.1, -0.05) is 12.1 Å². The molecule has 29 heavy (non-hydrogen) atoms. The number of carbonyl (C=O) groups excluding carboxylic acids is 3. The Morgan fingerprint density at radius 1 is 1.17 bits per heavy atom. The maximum absolute atomic E-state index is 13.0. The zero-order chi connectivity index (χ0) is 20.6. The van der Waals surface area contributed by atoms with Crippen LogP contribution in [0, 0.1) is 5.82 Å². The number of nitrogens with one attached hydrogen (secondary N) is 2. The summed E-state index contributed by atoms with van der Waals surface area (Å²) in [6, 6.07) is 4.67. The highest BCUT2D eigenvalue weighted by atomic mass is 19.1. The summed E-state index contributed by atoms with van der Waals surface area (Å²) in [6.45, 7) is 4.83. The Hall–Kier alpha value is -2.52. The first kappa shape index (κ1) is 21.2. The highest BCUT2D eigenvalue weighted by molar-refractivity contribution is 5.97. The maximum atomic E-state index is 13.0. The monoisotopic (exact) mass is 406 g/mol. The summed E-state index contributed by atoms with van der Waals surface area (Å²) < 4.78 is 18.3. The summed E-state index contributed by atoms with van der Waals surface area (Å²) in [6.07, 6.45) is 0.991. The summed E-state index contributed by atoms with van der Waals surface area (Å²) in [5.41, 5.74) is 0.672. The van der Waals surface area contributed by atoms with Gasteiger partial charge in [0.25, 0.3) is 0 Å². The fourth-order valence-electron chi connectivity index (χ4n) is 3.46. The molecule has 158 valence electrons. The average Bonchev–Trinajstić information content (AvgIpc) is 2.72. The molecule has 2 aliphatic rings. The van der Waals surface area contributed by atoms with Crippen molar-refractivity contribution in [2.75, 3.05) is 45.9 Å². The van der Waals surface area contributed by atoms with Crippen molar-refractivity contribution in [1.29, 1.82) is 0 Å². The molecule has 2 N–H and O–H groups in total. The van der Waals surface area contributed by atoms with E-state index in [1.54, 1.807) is 12.1 Å². The van der Waals surface area contributed by atoms with Crippen molar-refractivity contribution in [1.82, 2.24) is 20.4 Å². The molecule has 0 spiro atoms. The van der Waals surface area contributed by atoms with E-state index in [1.807, 2.05) is 0 Å². The number of rotatable bonds is 8. The fourth-order valence-corrected chi connectivity index (χ4v) is 3.46. The van der Waals surface area contributed by atoms with E-state index in [2.05, 4.69) is 15.5 Å². The molecule has 9 heteroatoms. The lowest BCUT2D eigenvalue weighted by Gasteiger charge is -2.31. The van der Waals surface area contributed by atoms with Gasteiger partial charge in [0.1, 0.15) is 5.82 Å². The van der Waals surface area contributed by atoms with Gasteiger partial charge in [-0.15, -0.1) is 0 Å². The average molecular weight is 406 g/mol. The Kier molecular flexibility index (Phi) is 7.54. The van der Waals surface area contributed by atoms with Gasteiger partial charge in [0, 0.05) is 32.6 Å². The second-order valence-electron chi connectivity index (χ2n) is 7.21. The summed E-state index contributed by atoms with van der Waals surface area (Å²) >= 11 is 0. The molecular formula is C20H27FN4O4. The van der Waals surface area contributed by atoms with Crippen LogP contribution in [0.1, 0.15) is 30.9 Å². The van der Waals surface area contributed by atoms with Crippen molar-refractivity contribution >= 4 is 17.8 Å². The van der Waals surface area contributed by atoms with Crippen LogP contribution in [-0.4, -0.2) is 73.6 Å². The Morgan fingerprint density at radius 2 is 1.90 bits per heavy atom. The quantitative estimate of drug-likeness (QED) is 0.630. The molecule has 1 aromatic carbocycles. The van der Waals surface area contributed by atoms with E-state index in [0.717, 1.165) is 44.2 Å². The number of morpholine rings is 1. The lowest BCUT2D eigenvalue weighted by Crippen LogP contribution is -2.52. The predicted octanol–water partition coefficient (Wildman–Crippen LogP) is 1.04. The van der Waals surface area contributed by atoms with Crippen LogP contribution in [0.2, 0.25) is 0 Å².